The monoisotopic (exact) mass is 315 g/mol. The average Bonchev–Trinajstić information content (AvgIpc) is 2.56. The van der Waals surface area contributed by atoms with Crippen LogP contribution in [0.3, 0.4) is 0 Å². The molecule has 0 spiro atoms. The van der Waals surface area contributed by atoms with Crippen LogP contribution in [0.2, 0.25) is 0 Å². The summed E-state index contributed by atoms with van der Waals surface area (Å²) in [5.41, 5.74) is 4.25. The zero-order chi connectivity index (χ0) is 16.2. The number of benzene rings is 1. The molecule has 126 valence electrons. The lowest BCUT2D eigenvalue weighted by molar-refractivity contribution is -0.898. The van der Waals surface area contributed by atoms with Crippen molar-refractivity contribution in [1.29, 1.82) is 0 Å². The smallest absolute Gasteiger partial charge is 0.275 e. The number of likely N-dealkylation sites (tertiary alicyclic amines) is 1. The molecule has 0 unspecified atom stereocenters. The Morgan fingerprint density at radius 1 is 1.22 bits per heavy atom. The molecular formula is C20H31N2O+. The summed E-state index contributed by atoms with van der Waals surface area (Å²) in [5.74, 6) is 1.02. The zero-order valence-electron chi connectivity index (χ0n) is 14.7. The van der Waals surface area contributed by atoms with Crippen LogP contribution in [0.25, 0.3) is 0 Å². The van der Waals surface area contributed by atoms with E-state index in [-0.39, 0.29) is 11.9 Å². The molecule has 1 aromatic carbocycles. The van der Waals surface area contributed by atoms with E-state index in [0.717, 1.165) is 19.0 Å². The van der Waals surface area contributed by atoms with Gasteiger partial charge in [0, 0.05) is 0 Å². The van der Waals surface area contributed by atoms with Gasteiger partial charge in [0.25, 0.3) is 5.91 Å². The molecule has 0 bridgehead atoms. The predicted molar refractivity (Wildman–Crippen MR) is 93.6 cm³/mol. The van der Waals surface area contributed by atoms with Gasteiger partial charge in [0.2, 0.25) is 0 Å². The van der Waals surface area contributed by atoms with Gasteiger partial charge in [-0.25, -0.2) is 0 Å². The summed E-state index contributed by atoms with van der Waals surface area (Å²) in [5, 5.41) is 3.20. The van der Waals surface area contributed by atoms with Crippen LogP contribution >= 0.6 is 0 Å². The van der Waals surface area contributed by atoms with Crippen molar-refractivity contribution in [3.8, 4) is 0 Å². The standard InChI is InChI=1S/C20H30N2O/c1-15-9-11-22(12-10-15)14-20(23)21-16(2)18-8-7-17-5-3-4-6-19(17)13-18/h7-8,13,15-16H,3-6,9-12,14H2,1-2H3,(H,21,23)/p+1/t16-/m0/s1. The number of quaternary nitrogens is 1. The normalized spacial score (nSPS) is 25.5. The molecule has 1 heterocycles. The van der Waals surface area contributed by atoms with Gasteiger partial charge in [-0.2, -0.15) is 0 Å². The van der Waals surface area contributed by atoms with Gasteiger partial charge in [0.15, 0.2) is 6.54 Å². The number of piperidine rings is 1. The molecule has 1 aromatic rings. The van der Waals surface area contributed by atoms with Gasteiger partial charge in [0.05, 0.1) is 19.1 Å². The topological polar surface area (TPSA) is 33.5 Å². The molecule has 1 aliphatic carbocycles. The van der Waals surface area contributed by atoms with E-state index in [0.29, 0.717) is 6.54 Å². The van der Waals surface area contributed by atoms with Crippen LogP contribution in [0.5, 0.6) is 0 Å². The minimum absolute atomic E-state index is 0.109. The van der Waals surface area contributed by atoms with Crippen molar-refractivity contribution in [1.82, 2.24) is 5.32 Å². The quantitative estimate of drug-likeness (QED) is 0.876. The maximum absolute atomic E-state index is 12.3. The van der Waals surface area contributed by atoms with Crippen LogP contribution < -0.4 is 10.2 Å². The second-order valence-corrected chi connectivity index (χ2v) is 7.63. The first kappa shape index (κ1) is 16.5. The number of nitrogens with one attached hydrogen (secondary N) is 2. The highest BCUT2D eigenvalue weighted by Gasteiger charge is 2.22. The molecule has 0 radical (unpaired) electrons. The Hall–Kier alpha value is -1.35. The van der Waals surface area contributed by atoms with Crippen LogP contribution in [-0.2, 0) is 17.6 Å². The molecule has 23 heavy (non-hydrogen) atoms. The van der Waals surface area contributed by atoms with Crippen LogP contribution in [0.15, 0.2) is 18.2 Å². The first-order valence-electron chi connectivity index (χ1n) is 9.36. The van der Waals surface area contributed by atoms with E-state index in [4.69, 9.17) is 0 Å². The number of aryl methyl sites for hydroxylation is 2. The third-order valence-electron chi connectivity index (χ3n) is 5.64. The fourth-order valence-corrected chi connectivity index (χ4v) is 3.97. The van der Waals surface area contributed by atoms with Crippen molar-refractivity contribution < 1.29 is 9.69 Å². The number of rotatable bonds is 4. The lowest BCUT2D eigenvalue weighted by Gasteiger charge is -2.27. The Morgan fingerprint density at radius 3 is 2.65 bits per heavy atom. The predicted octanol–water partition coefficient (Wildman–Crippen LogP) is 2.06. The molecule has 3 heteroatoms. The summed E-state index contributed by atoms with van der Waals surface area (Å²) >= 11 is 0. The fraction of sp³-hybridized carbons (Fsp3) is 0.650. The molecule has 3 nitrogen and oxygen atoms in total. The molecule has 1 amide bonds. The largest absolute Gasteiger partial charge is 0.345 e. The highest BCUT2D eigenvalue weighted by Crippen LogP contribution is 2.24. The summed E-state index contributed by atoms with van der Waals surface area (Å²) in [4.78, 5) is 13.8. The summed E-state index contributed by atoms with van der Waals surface area (Å²) in [7, 11) is 0. The van der Waals surface area contributed by atoms with Crippen LogP contribution in [0.4, 0.5) is 0 Å². The molecule has 1 aliphatic heterocycles. The van der Waals surface area contributed by atoms with E-state index in [2.05, 4.69) is 37.4 Å². The Kier molecular flexibility index (Phi) is 5.37. The highest BCUT2D eigenvalue weighted by molar-refractivity contribution is 5.77. The van der Waals surface area contributed by atoms with Crippen molar-refractivity contribution in [2.45, 2.75) is 58.4 Å². The second-order valence-electron chi connectivity index (χ2n) is 7.63. The highest BCUT2D eigenvalue weighted by atomic mass is 16.2. The SMILES string of the molecule is CC1CC[NH+](CC(=O)N[C@@H](C)c2ccc3c(c2)CCCC3)CC1. The lowest BCUT2D eigenvalue weighted by Crippen LogP contribution is -3.14. The van der Waals surface area contributed by atoms with Gasteiger partial charge >= 0.3 is 0 Å². The summed E-state index contributed by atoms with van der Waals surface area (Å²) < 4.78 is 0. The number of hydrogen-bond donors (Lipinski definition) is 2. The van der Waals surface area contributed by atoms with Gasteiger partial charge in [-0.1, -0.05) is 25.1 Å². The third kappa shape index (κ3) is 4.35. The molecular weight excluding hydrogens is 284 g/mol. The van der Waals surface area contributed by atoms with E-state index >= 15 is 0 Å². The van der Waals surface area contributed by atoms with E-state index in [1.807, 2.05) is 0 Å². The number of fused-ring (bicyclic) bond motifs is 1. The number of hydrogen-bond acceptors (Lipinski definition) is 1. The Morgan fingerprint density at radius 2 is 1.91 bits per heavy atom. The fourth-order valence-electron chi connectivity index (χ4n) is 3.97. The molecule has 2 N–H and O–H groups in total. The molecule has 0 aromatic heterocycles. The van der Waals surface area contributed by atoms with Crippen LogP contribution in [0.1, 0.15) is 62.3 Å². The van der Waals surface area contributed by atoms with E-state index in [1.165, 1.54) is 60.1 Å². The van der Waals surface area contributed by atoms with Crippen molar-refractivity contribution in [2.75, 3.05) is 19.6 Å². The van der Waals surface area contributed by atoms with E-state index in [9.17, 15) is 4.79 Å². The summed E-state index contributed by atoms with van der Waals surface area (Å²) in [6.45, 7) is 7.33. The average molecular weight is 315 g/mol. The minimum atomic E-state index is 0.109. The first-order valence-corrected chi connectivity index (χ1v) is 9.36. The van der Waals surface area contributed by atoms with Gasteiger partial charge in [-0.3, -0.25) is 4.79 Å². The first-order chi connectivity index (χ1) is 11.1. The van der Waals surface area contributed by atoms with Gasteiger partial charge in [-0.05, 0) is 68.1 Å². The molecule has 1 fully saturated rings. The number of amides is 1. The van der Waals surface area contributed by atoms with Crippen molar-refractivity contribution in [3.05, 3.63) is 34.9 Å². The number of carbonyl (C=O) groups excluding carboxylic acids is 1. The van der Waals surface area contributed by atoms with Crippen molar-refractivity contribution >= 4 is 5.91 Å². The van der Waals surface area contributed by atoms with Gasteiger partial charge in [-0.15, -0.1) is 0 Å². The maximum Gasteiger partial charge on any atom is 0.275 e. The van der Waals surface area contributed by atoms with Gasteiger partial charge < -0.3 is 10.2 Å². The summed E-state index contributed by atoms with van der Waals surface area (Å²) in [6, 6.07) is 6.89. The van der Waals surface area contributed by atoms with Crippen molar-refractivity contribution in [3.63, 3.8) is 0 Å². The van der Waals surface area contributed by atoms with Crippen LogP contribution in [-0.4, -0.2) is 25.5 Å². The molecule has 1 saturated heterocycles. The van der Waals surface area contributed by atoms with Crippen molar-refractivity contribution in [2.24, 2.45) is 5.92 Å². The minimum Gasteiger partial charge on any atom is -0.345 e. The Balaban J connectivity index is 1.54. The molecule has 3 rings (SSSR count). The molecule has 0 saturated carbocycles. The maximum atomic E-state index is 12.3. The van der Waals surface area contributed by atoms with E-state index in [1.54, 1.807) is 0 Å². The second kappa shape index (κ2) is 7.48. The zero-order valence-corrected chi connectivity index (χ0v) is 14.7. The molecule has 1 atom stereocenters. The summed E-state index contributed by atoms with van der Waals surface area (Å²) in [6.07, 6.45) is 7.53. The Labute approximate surface area is 140 Å². The van der Waals surface area contributed by atoms with Gasteiger partial charge in [0.1, 0.15) is 0 Å². The van der Waals surface area contributed by atoms with E-state index < -0.39 is 0 Å². The Bertz CT molecular complexity index is 547. The number of carbonyl (C=O) groups is 1. The third-order valence-corrected chi connectivity index (χ3v) is 5.64. The lowest BCUT2D eigenvalue weighted by atomic mass is 9.89. The molecule has 2 aliphatic rings. The van der Waals surface area contributed by atoms with Crippen LogP contribution in [0, 0.1) is 5.92 Å².